The summed E-state index contributed by atoms with van der Waals surface area (Å²) < 4.78 is 13.1. The summed E-state index contributed by atoms with van der Waals surface area (Å²) in [5.74, 6) is 1.37. The summed E-state index contributed by atoms with van der Waals surface area (Å²) in [5.41, 5.74) is 1.16. The van der Waals surface area contributed by atoms with Gasteiger partial charge in [-0.05, 0) is 37.7 Å². The first-order valence-electron chi connectivity index (χ1n) is 4.82. The van der Waals surface area contributed by atoms with Crippen LogP contribution >= 0.6 is 11.8 Å². The highest BCUT2D eigenvalue weighted by Crippen LogP contribution is 2.41. The molecule has 0 saturated heterocycles. The molecule has 0 spiro atoms. The second kappa shape index (κ2) is 3.91. The van der Waals surface area contributed by atoms with E-state index in [4.69, 9.17) is 0 Å². The number of nitrogens with one attached hydrogen (secondary N) is 1. The SMILES string of the molecule is CNC(C)C1CSc2ccc(F)cc21. The van der Waals surface area contributed by atoms with Crippen molar-refractivity contribution in [1.82, 2.24) is 5.32 Å². The number of hydrogen-bond donors (Lipinski definition) is 1. The standard InChI is InChI=1S/C11H14FNS/c1-7(13-2)10-6-14-11-4-3-8(12)5-9(10)11/h3-5,7,10,13H,6H2,1-2H3. The summed E-state index contributed by atoms with van der Waals surface area (Å²) in [7, 11) is 1.95. The van der Waals surface area contributed by atoms with Crippen LogP contribution in [0.1, 0.15) is 18.4 Å². The Hall–Kier alpha value is -0.540. The highest BCUT2D eigenvalue weighted by atomic mass is 32.2. The van der Waals surface area contributed by atoms with Crippen molar-refractivity contribution in [2.24, 2.45) is 0 Å². The molecule has 2 atom stereocenters. The average Bonchev–Trinajstić information content (AvgIpc) is 2.59. The molecule has 1 aliphatic rings. The summed E-state index contributed by atoms with van der Waals surface area (Å²) in [6.45, 7) is 2.14. The number of rotatable bonds is 2. The highest BCUT2D eigenvalue weighted by molar-refractivity contribution is 7.99. The van der Waals surface area contributed by atoms with Crippen LogP contribution in [0.4, 0.5) is 4.39 Å². The Balaban J connectivity index is 2.33. The number of likely N-dealkylation sites (N-methyl/N-ethyl adjacent to an activating group) is 1. The lowest BCUT2D eigenvalue weighted by Crippen LogP contribution is -2.28. The Bertz CT molecular complexity index is 340. The van der Waals surface area contributed by atoms with Crippen molar-refractivity contribution in [2.45, 2.75) is 23.8 Å². The number of hydrogen-bond acceptors (Lipinski definition) is 2. The Kier molecular flexibility index (Phi) is 2.79. The molecule has 3 heteroatoms. The minimum atomic E-state index is -0.125. The van der Waals surface area contributed by atoms with Gasteiger partial charge in [-0.25, -0.2) is 4.39 Å². The molecule has 0 aromatic heterocycles. The van der Waals surface area contributed by atoms with Gasteiger partial charge in [-0.3, -0.25) is 0 Å². The van der Waals surface area contributed by atoms with E-state index in [1.807, 2.05) is 24.9 Å². The van der Waals surface area contributed by atoms with Crippen molar-refractivity contribution in [3.63, 3.8) is 0 Å². The molecule has 0 amide bonds. The maximum Gasteiger partial charge on any atom is 0.123 e. The second-order valence-electron chi connectivity index (χ2n) is 3.68. The Morgan fingerprint density at radius 1 is 1.57 bits per heavy atom. The first-order chi connectivity index (χ1) is 6.72. The minimum absolute atomic E-state index is 0.125. The quantitative estimate of drug-likeness (QED) is 0.807. The average molecular weight is 211 g/mol. The van der Waals surface area contributed by atoms with Crippen LogP contribution in [-0.4, -0.2) is 18.8 Å². The first kappa shape index (κ1) is 9.99. The van der Waals surface area contributed by atoms with E-state index in [2.05, 4.69) is 12.2 Å². The molecule has 1 aromatic carbocycles. The van der Waals surface area contributed by atoms with Gasteiger partial charge < -0.3 is 5.32 Å². The molecule has 1 heterocycles. The summed E-state index contributed by atoms with van der Waals surface area (Å²) >= 11 is 1.82. The highest BCUT2D eigenvalue weighted by Gasteiger charge is 2.27. The maximum absolute atomic E-state index is 13.1. The molecule has 1 N–H and O–H groups in total. The molecule has 1 aliphatic heterocycles. The van der Waals surface area contributed by atoms with Gasteiger partial charge in [-0.15, -0.1) is 11.8 Å². The molecule has 0 radical (unpaired) electrons. The second-order valence-corrected chi connectivity index (χ2v) is 4.74. The van der Waals surface area contributed by atoms with E-state index in [-0.39, 0.29) is 5.82 Å². The van der Waals surface area contributed by atoms with Crippen molar-refractivity contribution >= 4 is 11.8 Å². The Morgan fingerprint density at radius 2 is 2.36 bits per heavy atom. The van der Waals surface area contributed by atoms with E-state index in [0.717, 1.165) is 11.3 Å². The van der Waals surface area contributed by atoms with Crippen LogP contribution in [0.2, 0.25) is 0 Å². The fourth-order valence-corrected chi connectivity index (χ4v) is 3.19. The number of benzene rings is 1. The zero-order valence-electron chi connectivity index (χ0n) is 8.38. The van der Waals surface area contributed by atoms with Crippen molar-refractivity contribution < 1.29 is 4.39 Å². The van der Waals surface area contributed by atoms with Gasteiger partial charge in [0.25, 0.3) is 0 Å². The van der Waals surface area contributed by atoms with Crippen LogP contribution in [0, 0.1) is 5.82 Å². The molecule has 1 aromatic rings. The topological polar surface area (TPSA) is 12.0 Å². The van der Waals surface area contributed by atoms with Crippen molar-refractivity contribution in [2.75, 3.05) is 12.8 Å². The molecule has 0 saturated carbocycles. The fourth-order valence-electron chi connectivity index (χ4n) is 1.82. The summed E-state index contributed by atoms with van der Waals surface area (Å²) in [6.07, 6.45) is 0. The van der Waals surface area contributed by atoms with Gasteiger partial charge in [-0.2, -0.15) is 0 Å². The van der Waals surface area contributed by atoms with Crippen molar-refractivity contribution in [3.8, 4) is 0 Å². The van der Waals surface area contributed by atoms with Gasteiger partial charge in [0.05, 0.1) is 0 Å². The van der Waals surface area contributed by atoms with Gasteiger partial charge >= 0.3 is 0 Å². The van der Waals surface area contributed by atoms with Crippen LogP contribution in [0.15, 0.2) is 23.1 Å². The van der Waals surface area contributed by atoms with Gasteiger partial charge in [-0.1, -0.05) is 0 Å². The molecule has 2 rings (SSSR count). The van der Waals surface area contributed by atoms with E-state index >= 15 is 0 Å². The predicted octanol–water partition coefficient (Wildman–Crippen LogP) is 2.62. The van der Waals surface area contributed by atoms with E-state index < -0.39 is 0 Å². The van der Waals surface area contributed by atoms with Gasteiger partial charge in [0.2, 0.25) is 0 Å². The van der Waals surface area contributed by atoms with Crippen LogP contribution in [0.3, 0.4) is 0 Å². The number of thioether (sulfide) groups is 1. The summed E-state index contributed by atoms with van der Waals surface area (Å²) in [6, 6.07) is 5.51. The maximum atomic E-state index is 13.1. The number of fused-ring (bicyclic) bond motifs is 1. The molecular formula is C11H14FNS. The van der Waals surface area contributed by atoms with Crippen LogP contribution in [0.25, 0.3) is 0 Å². The van der Waals surface area contributed by atoms with Crippen LogP contribution < -0.4 is 5.32 Å². The van der Waals surface area contributed by atoms with Gasteiger partial charge in [0.1, 0.15) is 5.82 Å². The molecule has 2 unspecified atom stereocenters. The van der Waals surface area contributed by atoms with Crippen LogP contribution in [-0.2, 0) is 0 Å². The predicted molar refractivity (Wildman–Crippen MR) is 58.4 cm³/mol. The zero-order chi connectivity index (χ0) is 10.1. The van der Waals surface area contributed by atoms with E-state index in [1.165, 1.54) is 11.0 Å². The molecule has 0 fully saturated rings. The minimum Gasteiger partial charge on any atom is -0.317 e. The number of halogens is 1. The van der Waals surface area contributed by atoms with E-state index in [9.17, 15) is 4.39 Å². The van der Waals surface area contributed by atoms with Gasteiger partial charge in [0, 0.05) is 22.6 Å². The third-order valence-corrected chi connectivity index (χ3v) is 4.06. The monoisotopic (exact) mass is 211 g/mol. The largest absolute Gasteiger partial charge is 0.317 e. The third-order valence-electron chi connectivity index (χ3n) is 2.85. The van der Waals surface area contributed by atoms with Crippen molar-refractivity contribution in [3.05, 3.63) is 29.6 Å². The summed E-state index contributed by atoms with van der Waals surface area (Å²) in [5, 5.41) is 3.23. The molecule has 0 bridgehead atoms. The van der Waals surface area contributed by atoms with Crippen molar-refractivity contribution in [1.29, 1.82) is 0 Å². The normalized spacial score (nSPS) is 22.1. The zero-order valence-corrected chi connectivity index (χ0v) is 9.20. The van der Waals surface area contributed by atoms with Gasteiger partial charge in [0.15, 0.2) is 0 Å². The molecule has 14 heavy (non-hydrogen) atoms. The smallest absolute Gasteiger partial charge is 0.123 e. The van der Waals surface area contributed by atoms with E-state index in [0.29, 0.717) is 12.0 Å². The first-order valence-corrected chi connectivity index (χ1v) is 5.80. The molecule has 1 nitrogen and oxygen atoms in total. The molecule has 0 aliphatic carbocycles. The Labute approximate surface area is 88.1 Å². The summed E-state index contributed by atoms with van der Waals surface area (Å²) in [4.78, 5) is 1.23. The third kappa shape index (κ3) is 1.66. The molecule has 76 valence electrons. The fraction of sp³-hybridized carbons (Fsp3) is 0.455. The van der Waals surface area contributed by atoms with E-state index in [1.54, 1.807) is 6.07 Å². The lowest BCUT2D eigenvalue weighted by Gasteiger charge is -2.18. The lowest BCUT2D eigenvalue weighted by molar-refractivity contribution is 0.526. The molecular weight excluding hydrogens is 197 g/mol. The Morgan fingerprint density at radius 3 is 3.07 bits per heavy atom. The lowest BCUT2D eigenvalue weighted by atomic mass is 9.94. The van der Waals surface area contributed by atoms with Crippen LogP contribution in [0.5, 0.6) is 0 Å².